The van der Waals surface area contributed by atoms with Crippen LogP contribution in [0.15, 0.2) is 47.4 Å². The zero-order valence-corrected chi connectivity index (χ0v) is 22.4. The van der Waals surface area contributed by atoms with Crippen molar-refractivity contribution in [2.24, 2.45) is 5.92 Å². The lowest BCUT2D eigenvalue weighted by molar-refractivity contribution is -0.145. The number of hydrogen-bond acceptors (Lipinski definition) is 10. The average Bonchev–Trinajstić information content (AvgIpc) is 3.11. The number of aromatic nitrogens is 2. The number of hydrogen-bond donors (Lipinski definition) is 3. The second kappa shape index (κ2) is 12.9. The quantitative estimate of drug-likeness (QED) is 0.260. The van der Waals surface area contributed by atoms with Crippen LogP contribution in [0.2, 0.25) is 0 Å². The van der Waals surface area contributed by atoms with Gasteiger partial charge >= 0.3 is 19.4 Å². The van der Waals surface area contributed by atoms with E-state index < -0.39 is 55.0 Å². The number of nitrogens with one attached hydrogen (secondary N) is 1. The molecule has 0 saturated carbocycles. The second-order valence-corrected chi connectivity index (χ2v) is 11.9. The first-order valence-electron chi connectivity index (χ1n) is 11.8. The van der Waals surface area contributed by atoms with Gasteiger partial charge in [-0.2, -0.15) is 10.1 Å². The Balaban J connectivity index is 1.80. The third kappa shape index (κ3) is 7.78. The van der Waals surface area contributed by atoms with Crippen LogP contribution in [-0.2, 0) is 18.6 Å². The minimum Gasteiger partial charge on any atom is -0.465 e. The summed E-state index contributed by atoms with van der Waals surface area (Å²) in [5.41, 5.74) is 4.74. The summed E-state index contributed by atoms with van der Waals surface area (Å²) in [6.45, 7) is 5.15. The molecule has 1 saturated heterocycles. The standard InChI is InChI=1S/C23H32FN4O7PS/c1-4-33-22(30)16(12-14(2)3)27-36(32,35-15-8-6-5-7-9-15)34-13-17-20(29)19(24)21(37-17)28-11-10-18(25)26-23(28)31/h5-11,14,16-17,19-21,29H,4,12-13H2,1-3H3,(H,27,32)(H2,25,26,31)/t16-,17+,19-,20+,21+,36?/m0/s1. The van der Waals surface area contributed by atoms with E-state index in [-0.39, 0.29) is 30.5 Å². The predicted octanol–water partition coefficient (Wildman–Crippen LogP) is 2.91. The largest absolute Gasteiger partial charge is 0.465 e. The first-order valence-corrected chi connectivity index (χ1v) is 14.3. The van der Waals surface area contributed by atoms with Gasteiger partial charge in [-0.25, -0.2) is 13.8 Å². The van der Waals surface area contributed by atoms with Crippen molar-refractivity contribution in [2.75, 3.05) is 18.9 Å². The fraction of sp³-hybridized carbons (Fsp3) is 0.522. The number of halogens is 1. The minimum absolute atomic E-state index is 0.0114. The van der Waals surface area contributed by atoms with Crippen molar-refractivity contribution in [1.82, 2.24) is 14.6 Å². The summed E-state index contributed by atoms with van der Waals surface area (Å²) in [5, 5.41) is 11.2. The van der Waals surface area contributed by atoms with Crippen molar-refractivity contribution in [1.29, 1.82) is 0 Å². The molecule has 3 rings (SSSR count). The van der Waals surface area contributed by atoms with E-state index >= 15 is 0 Å². The maximum atomic E-state index is 15.0. The van der Waals surface area contributed by atoms with Crippen molar-refractivity contribution >= 4 is 31.3 Å². The number of nitrogens with zero attached hydrogens (tertiary/aromatic N) is 2. The molecule has 1 aliphatic heterocycles. The Hall–Kier alpha value is -2.44. The normalized spacial score (nSPS) is 23.9. The summed E-state index contributed by atoms with van der Waals surface area (Å²) < 4.78 is 46.3. The molecule has 1 aromatic carbocycles. The van der Waals surface area contributed by atoms with Gasteiger partial charge in [-0.3, -0.25) is 13.9 Å². The monoisotopic (exact) mass is 558 g/mol. The molecule has 2 aromatic rings. The third-order valence-electron chi connectivity index (χ3n) is 5.39. The van der Waals surface area contributed by atoms with Gasteiger partial charge in [-0.15, -0.1) is 11.8 Å². The molecule has 0 spiro atoms. The SMILES string of the molecule is CCOC(=O)[C@H](CC(C)C)NP(=O)(OC[C@H]1S[C@@H](n2ccc(N)nc2=O)[C@@H](F)[C@@H]1O)Oc1ccccc1. The highest BCUT2D eigenvalue weighted by Crippen LogP contribution is 2.49. The van der Waals surface area contributed by atoms with Crippen molar-refractivity contribution < 1.29 is 32.6 Å². The van der Waals surface area contributed by atoms with Gasteiger partial charge in [0, 0.05) is 6.20 Å². The number of thioether (sulfide) groups is 1. The van der Waals surface area contributed by atoms with E-state index in [1.165, 1.54) is 12.3 Å². The minimum atomic E-state index is -4.23. The van der Waals surface area contributed by atoms with Crippen molar-refractivity contribution in [2.45, 2.75) is 56.1 Å². The molecule has 1 fully saturated rings. The van der Waals surface area contributed by atoms with E-state index in [0.717, 1.165) is 16.3 Å². The third-order valence-corrected chi connectivity index (χ3v) is 8.49. The zero-order valence-electron chi connectivity index (χ0n) is 20.7. The predicted molar refractivity (Wildman–Crippen MR) is 138 cm³/mol. The Morgan fingerprint density at radius 3 is 2.65 bits per heavy atom. The zero-order chi connectivity index (χ0) is 27.2. The number of ether oxygens (including phenoxy) is 1. The molecular weight excluding hydrogens is 526 g/mol. The van der Waals surface area contributed by atoms with E-state index in [9.17, 15) is 23.7 Å². The van der Waals surface area contributed by atoms with Crippen molar-refractivity contribution in [3.63, 3.8) is 0 Å². The Labute approximate surface area is 218 Å². The van der Waals surface area contributed by atoms with Crippen molar-refractivity contribution in [3.05, 3.63) is 53.1 Å². The molecule has 11 nitrogen and oxygen atoms in total. The summed E-state index contributed by atoms with van der Waals surface area (Å²) in [6, 6.07) is 8.55. The Kier molecular flexibility index (Phi) is 10.1. The maximum absolute atomic E-state index is 15.0. The molecule has 37 heavy (non-hydrogen) atoms. The smallest absolute Gasteiger partial charge is 0.459 e. The highest BCUT2D eigenvalue weighted by atomic mass is 32.2. The summed E-state index contributed by atoms with van der Waals surface area (Å²) in [4.78, 5) is 28.4. The van der Waals surface area contributed by atoms with Gasteiger partial charge in [-0.05, 0) is 37.5 Å². The summed E-state index contributed by atoms with van der Waals surface area (Å²) in [6.07, 6.45) is -1.79. The topological polar surface area (TPSA) is 155 Å². The van der Waals surface area contributed by atoms with Crippen LogP contribution in [0.3, 0.4) is 0 Å². The van der Waals surface area contributed by atoms with Crippen LogP contribution < -0.4 is 21.0 Å². The van der Waals surface area contributed by atoms with E-state index in [0.29, 0.717) is 0 Å². The van der Waals surface area contributed by atoms with Crippen LogP contribution in [-0.4, -0.2) is 57.4 Å². The first-order chi connectivity index (χ1) is 17.5. The summed E-state index contributed by atoms with van der Waals surface area (Å²) >= 11 is 0.927. The van der Waals surface area contributed by atoms with Gasteiger partial charge in [-0.1, -0.05) is 32.0 Å². The molecule has 4 N–H and O–H groups in total. The molecular formula is C23H32FN4O7PS. The first kappa shape index (κ1) is 29.1. The van der Waals surface area contributed by atoms with Gasteiger partial charge in [0.15, 0.2) is 6.17 Å². The number of nitrogen functional groups attached to an aromatic ring is 1. The summed E-state index contributed by atoms with van der Waals surface area (Å²) in [7, 11) is -4.23. The van der Waals surface area contributed by atoms with E-state index in [1.54, 1.807) is 37.3 Å². The lowest BCUT2D eigenvalue weighted by Gasteiger charge is -2.26. The number of aliphatic hydroxyl groups excluding tert-OH is 1. The Morgan fingerprint density at radius 2 is 2.03 bits per heavy atom. The maximum Gasteiger partial charge on any atom is 0.459 e. The number of aliphatic hydroxyl groups is 1. The molecule has 0 amide bonds. The number of carbonyl (C=O) groups excluding carboxylic acids is 1. The van der Waals surface area contributed by atoms with Gasteiger partial charge in [0.2, 0.25) is 0 Å². The lowest BCUT2D eigenvalue weighted by Crippen LogP contribution is -2.39. The van der Waals surface area contributed by atoms with Gasteiger partial charge in [0.1, 0.15) is 29.1 Å². The van der Waals surface area contributed by atoms with Gasteiger partial charge < -0.3 is 20.1 Å². The Bertz CT molecular complexity index is 1160. The molecule has 1 unspecified atom stereocenters. The van der Waals surface area contributed by atoms with Crippen LogP contribution in [0.1, 0.15) is 32.6 Å². The van der Waals surface area contributed by atoms with Crippen LogP contribution in [0.5, 0.6) is 5.75 Å². The highest BCUT2D eigenvalue weighted by Gasteiger charge is 2.46. The number of rotatable bonds is 12. The fourth-order valence-corrected chi connectivity index (χ4v) is 6.72. The van der Waals surface area contributed by atoms with Crippen LogP contribution in [0.25, 0.3) is 0 Å². The molecule has 0 aliphatic carbocycles. The second-order valence-electron chi connectivity index (χ2n) is 8.80. The lowest BCUT2D eigenvalue weighted by atomic mass is 10.1. The number of carbonyl (C=O) groups is 1. The molecule has 2 heterocycles. The fourth-order valence-electron chi connectivity index (χ4n) is 3.67. The van der Waals surface area contributed by atoms with E-state index in [2.05, 4.69) is 10.1 Å². The molecule has 0 radical (unpaired) electrons. The average molecular weight is 559 g/mol. The molecule has 14 heteroatoms. The van der Waals surface area contributed by atoms with Crippen molar-refractivity contribution in [3.8, 4) is 5.75 Å². The number of esters is 1. The van der Waals surface area contributed by atoms with Gasteiger partial charge in [0.05, 0.1) is 18.5 Å². The number of alkyl halides is 1. The summed E-state index contributed by atoms with van der Waals surface area (Å²) in [5.74, 6) is -0.376. The number of benzene rings is 1. The number of nitrogens with two attached hydrogens (primary N) is 1. The Morgan fingerprint density at radius 1 is 1.32 bits per heavy atom. The molecule has 204 valence electrons. The van der Waals surface area contributed by atoms with Gasteiger partial charge in [0.25, 0.3) is 0 Å². The van der Waals surface area contributed by atoms with Crippen LogP contribution in [0, 0.1) is 5.92 Å². The van der Waals surface area contributed by atoms with E-state index in [4.69, 9.17) is 19.5 Å². The molecule has 6 atom stereocenters. The van der Waals surface area contributed by atoms with E-state index in [1.807, 2.05) is 13.8 Å². The molecule has 1 aliphatic rings. The van der Waals surface area contributed by atoms with Crippen LogP contribution in [0.4, 0.5) is 10.2 Å². The molecule has 0 bridgehead atoms. The van der Waals surface area contributed by atoms with Crippen LogP contribution >= 0.6 is 19.5 Å². The number of para-hydroxylation sites is 1. The highest BCUT2D eigenvalue weighted by molar-refractivity contribution is 8.00. The molecule has 1 aromatic heterocycles. The number of anilines is 1.